The lowest BCUT2D eigenvalue weighted by Crippen LogP contribution is -2.11. The van der Waals surface area contributed by atoms with Crippen LogP contribution in [0.5, 0.6) is 0 Å². The van der Waals surface area contributed by atoms with Crippen molar-refractivity contribution in [3.05, 3.63) is 47.5 Å². The summed E-state index contributed by atoms with van der Waals surface area (Å²) in [6, 6.07) is 8.67. The van der Waals surface area contributed by atoms with E-state index in [4.69, 9.17) is 0 Å². The predicted octanol–water partition coefficient (Wildman–Crippen LogP) is 3.34. The van der Waals surface area contributed by atoms with Gasteiger partial charge in [0, 0.05) is 0 Å². The van der Waals surface area contributed by atoms with Crippen molar-refractivity contribution in [3.8, 4) is 0 Å². The van der Waals surface area contributed by atoms with Crippen LogP contribution >= 0.6 is 0 Å². The Morgan fingerprint density at radius 1 is 1.20 bits per heavy atom. The van der Waals surface area contributed by atoms with E-state index in [1.165, 1.54) is 11.1 Å². The molecule has 2 rings (SSSR count). The Labute approximate surface area is 91.6 Å². The van der Waals surface area contributed by atoms with Gasteiger partial charge in [0.15, 0.2) is 0 Å². The summed E-state index contributed by atoms with van der Waals surface area (Å²) in [7, 11) is 0. The van der Waals surface area contributed by atoms with Crippen molar-refractivity contribution in [2.45, 2.75) is 26.2 Å². The molecule has 1 heteroatoms. The van der Waals surface area contributed by atoms with Crippen molar-refractivity contribution < 1.29 is 0 Å². The van der Waals surface area contributed by atoms with E-state index < -0.39 is 0 Å². The number of nitrogens with zero attached hydrogens (tertiary/aromatic N) is 1. The molecule has 1 nitrogen and oxygen atoms in total. The van der Waals surface area contributed by atoms with E-state index in [2.05, 4.69) is 62.2 Å². The minimum absolute atomic E-state index is 0.207. The molecule has 0 fully saturated rings. The van der Waals surface area contributed by atoms with Crippen LogP contribution in [0, 0.1) is 0 Å². The van der Waals surface area contributed by atoms with E-state index in [0.29, 0.717) is 0 Å². The van der Waals surface area contributed by atoms with Gasteiger partial charge in [0.2, 0.25) is 0 Å². The van der Waals surface area contributed by atoms with Crippen LogP contribution in [0.3, 0.4) is 0 Å². The Bertz CT molecular complexity index is 419. The molecule has 0 radical (unpaired) electrons. The highest BCUT2D eigenvalue weighted by molar-refractivity contribution is 6.09. The zero-order chi connectivity index (χ0) is 10.9. The first kappa shape index (κ1) is 10.2. The Balaban J connectivity index is 2.39. The van der Waals surface area contributed by atoms with Crippen molar-refractivity contribution in [3.63, 3.8) is 0 Å². The lowest BCUT2D eigenvalue weighted by atomic mass is 9.86. The largest absolute Gasteiger partial charge is 0.281 e. The molecule has 0 aromatic heterocycles. The summed E-state index contributed by atoms with van der Waals surface area (Å²) in [5.74, 6) is 0. The van der Waals surface area contributed by atoms with Gasteiger partial charge in [-0.05, 0) is 28.7 Å². The molecule has 0 saturated heterocycles. The average Bonchev–Trinajstić information content (AvgIpc) is 2.69. The zero-order valence-electron chi connectivity index (χ0n) is 9.62. The second-order valence-electron chi connectivity index (χ2n) is 4.96. The molecule has 1 aliphatic rings. The molecule has 1 aliphatic heterocycles. The summed E-state index contributed by atoms with van der Waals surface area (Å²) >= 11 is 0. The molecule has 1 aromatic carbocycles. The number of aliphatic imine (C=N–C) groups is 1. The Morgan fingerprint density at radius 2 is 2.00 bits per heavy atom. The molecule has 0 aliphatic carbocycles. The van der Waals surface area contributed by atoms with Gasteiger partial charge >= 0.3 is 0 Å². The number of rotatable bonds is 1. The maximum absolute atomic E-state index is 4.43. The molecule has 15 heavy (non-hydrogen) atoms. The van der Waals surface area contributed by atoms with Crippen molar-refractivity contribution in [2.24, 2.45) is 4.99 Å². The first-order valence-corrected chi connectivity index (χ1v) is 5.39. The highest BCUT2D eigenvalue weighted by Gasteiger charge is 2.14. The van der Waals surface area contributed by atoms with Crippen LogP contribution < -0.4 is 0 Å². The maximum Gasteiger partial charge on any atom is 0.0648 e. The third-order valence-electron chi connectivity index (χ3n) is 2.67. The molecule has 1 heterocycles. The SMILES string of the molecule is CC(C)(C)c1cccc(C2=NCC=C2)c1. The summed E-state index contributed by atoms with van der Waals surface area (Å²) < 4.78 is 0. The van der Waals surface area contributed by atoms with Gasteiger partial charge in [0.1, 0.15) is 0 Å². The van der Waals surface area contributed by atoms with E-state index in [-0.39, 0.29) is 5.41 Å². The highest BCUT2D eigenvalue weighted by Crippen LogP contribution is 2.23. The van der Waals surface area contributed by atoms with Crippen LogP contribution in [0.2, 0.25) is 0 Å². The van der Waals surface area contributed by atoms with E-state index in [1.54, 1.807) is 0 Å². The molecule has 0 bridgehead atoms. The quantitative estimate of drug-likeness (QED) is 0.657. The van der Waals surface area contributed by atoms with E-state index in [0.717, 1.165) is 12.3 Å². The predicted molar refractivity (Wildman–Crippen MR) is 65.7 cm³/mol. The summed E-state index contributed by atoms with van der Waals surface area (Å²) in [4.78, 5) is 4.43. The van der Waals surface area contributed by atoms with Crippen molar-refractivity contribution in [1.82, 2.24) is 0 Å². The average molecular weight is 199 g/mol. The van der Waals surface area contributed by atoms with E-state index in [9.17, 15) is 0 Å². The molecule has 78 valence electrons. The summed E-state index contributed by atoms with van der Waals surface area (Å²) in [5.41, 5.74) is 3.92. The molecule has 1 aromatic rings. The number of allylic oxidation sites excluding steroid dienone is 1. The number of hydrogen-bond acceptors (Lipinski definition) is 1. The third kappa shape index (κ3) is 2.17. The summed E-state index contributed by atoms with van der Waals surface area (Å²) in [5, 5.41) is 0. The van der Waals surface area contributed by atoms with Gasteiger partial charge in [0.05, 0.1) is 12.3 Å². The fourth-order valence-electron chi connectivity index (χ4n) is 1.70. The van der Waals surface area contributed by atoms with Gasteiger partial charge in [-0.3, -0.25) is 4.99 Å². The smallest absolute Gasteiger partial charge is 0.0648 e. The Kier molecular flexibility index (Phi) is 2.47. The molecule has 0 atom stereocenters. The van der Waals surface area contributed by atoms with Crippen LogP contribution in [0.4, 0.5) is 0 Å². The topological polar surface area (TPSA) is 12.4 Å². The lowest BCUT2D eigenvalue weighted by molar-refractivity contribution is 0.590. The normalized spacial score (nSPS) is 15.5. The third-order valence-corrected chi connectivity index (χ3v) is 2.67. The van der Waals surface area contributed by atoms with Crippen LogP contribution in [0.1, 0.15) is 31.9 Å². The van der Waals surface area contributed by atoms with Crippen molar-refractivity contribution in [1.29, 1.82) is 0 Å². The second-order valence-corrected chi connectivity index (χ2v) is 4.96. The van der Waals surface area contributed by atoms with Gasteiger partial charge in [-0.1, -0.05) is 45.0 Å². The number of benzene rings is 1. The zero-order valence-corrected chi connectivity index (χ0v) is 9.62. The van der Waals surface area contributed by atoms with Crippen molar-refractivity contribution >= 4 is 5.71 Å². The minimum Gasteiger partial charge on any atom is -0.281 e. The first-order valence-electron chi connectivity index (χ1n) is 5.39. The van der Waals surface area contributed by atoms with Crippen LogP contribution in [-0.2, 0) is 5.41 Å². The fraction of sp³-hybridized carbons (Fsp3) is 0.357. The van der Waals surface area contributed by atoms with E-state index >= 15 is 0 Å². The van der Waals surface area contributed by atoms with Crippen LogP contribution in [-0.4, -0.2) is 12.3 Å². The van der Waals surface area contributed by atoms with Gasteiger partial charge in [-0.2, -0.15) is 0 Å². The molecular formula is C14H17N. The Morgan fingerprint density at radius 3 is 2.60 bits per heavy atom. The monoisotopic (exact) mass is 199 g/mol. The van der Waals surface area contributed by atoms with Crippen molar-refractivity contribution in [2.75, 3.05) is 6.54 Å². The second kappa shape index (κ2) is 3.65. The molecule has 0 saturated carbocycles. The lowest BCUT2D eigenvalue weighted by Gasteiger charge is -2.19. The van der Waals surface area contributed by atoms with Crippen LogP contribution in [0.25, 0.3) is 0 Å². The van der Waals surface area contributed by atoms with Gasteiger partial charge < -0.3 is 0 Å². The van der Waals surface area contributed by atoms with Crippen LogP contribution in [0.15, 0.2) is 41.4 Å². The molecule has 0 N–H and O–H groups in total. The summed E-state index contributed by atoms with van der Waals surface area (Å²) in [6.45, 7) is 7.53. The van der Waals surface area contributed by atoms with Gasteiger partial charge in [-0.25, -0.2) is 0 Å². The number of hydrogen-bond donors (Lipinski definition) is 0. The molecular weight excluding hydrogens is 182 g/mol. The van der Waals surface area contributed by atoms with Gasteiger partial charge in [0.25, 0.3) is 0 Å². The standard InChI is InChI=1S/C14H17N/c1-14(2,3)12-7-4-6-11(10-12)13-8-5-9-15-13/h4-8,10H,9H2,1-3H3. The van der Waals surface area contributed by atoms with E-state index in [1.807, 2.05) is 0 Å². The minimum atomic E-state index is 0.207. The molecule has 0 unspecified atom stereocenters. The molecule has 0 spiro atoms. The fourth-order valence-corrected chi connectivity index (χ4v) is 1.70. The van der Waals surface area contributed by atoms with Gasteiger partial charge in [-0.15, -0.1) is 0 Å². The summed E-state index contributed by atoms with van der Waals surface area (Å²) in [6.07, 6.45) is 4.20. The Hall–Kier alpha value is -1.37. The highest BCUT2D eigenvalue weighted by atomic mass is 14.7. The molecule has 0 amide bonds. The first-order chi connectivity index (χ1) is 7.07. The maximum atomic E-state index is 4.43.